The van der Waals surface area contributed by atoms with Gasteiger partial charge in [-0.2, -0.15) is 11.8 Å². The molecule has 1 aromatic heterocycles. The van der Waals surface area contributed by atoms with Crippen molar-refractivity contribution >= 4 is 40.9 Å². The van der Waals surface area contributed by atoms with Crippen molar-refractivity contribution in [1.29, 1.82) is 0 Å². The molecule has 0 saturated carbocycles. The number of benzene rings is 1. The number of nitrogen functional groups attached to an aromatic ring is 1. The summed E-state index contributed by atoms with van der Waals surface area (Å²) in [5.41, 5.74) is 8.19. The number of thioether (sulfide) groups is 2. The number of nitrogens with two attached hydrogens (primary N) is 1. The molecule has 2 heterocycles. The number of anilines is 1. The Balaban J connectivity index is 1.73. The highest BCUT2D eigenvalue weighted by Crippen LogP contribution is 2.32. The van der Waals surface area contributed by atoms with Gasteiger partial charge in [0.15, 0.2) is 0 Å². The lowest BCUT2D eigenvalue weighted by atomic mass is 10.2. The number of nitrogens with zero attached hydrogens (tertiary/aromatic N) is 2. The standard InChI is InChI=1S/C13H12ClN3S2/c14-8-1-3-9(4-2-8)19-7-12-16-11-6-18-5-10(11)13(15)17-12/h1-4H,5-7H2,(H2,15,16,17). The number of hydrogen-bond acceptors (Lipinski definition) is 5. The fourth-order valence-electron chi connectivity index (χ4n) is 1.87. The first-order chi connectivity index (χ1) is 9.22. The van der Waals surface area contributed by atoms with E-state index in [1.807, 2.05) is 36.0 Å². The van der Waals surface area contributed by atoms with Crippen molar-refractivity contribution in [2.45, 2.75) is 22.2 Å². The SMILES string of the molecule is Nc1nc(CSc2ccc(Cl)cc2)nc2c1CSC2. The van der Waals surface area contributed by atoms with Gasteiger partial charge in [0, 0.05) is 27.0 Å². The van der Waals surface area contributed by atoms with Crippen LogP contribution in [0.5, 0.6) is 0 Å². The van der Waals surface area contributed by atoms with Crippen LogP contribution in [0.25, 0.3) is 0 Å². The van der Waals surface area contributed by atoms with Crippen molar-refractivity contribution in [2.75, 3.05) is 5.73 Å². The molecule has 0 unspecified atom stereocenters. The lowest BCUT2D eigenvalue weighted by Gasteiger charge is -2.06. The predicted molar refractivity (Wildman–Crippen MR) is 82.5 cm³/mol. The van der Waals surface area contributed by atoms with Crippen LogP contribution in [0.3, 0.4) is 0 Å². The van der Waals surface area contributed by atoms with Crippen LogP contribution >= 0.6 is 35.1 Å². The van der Waals surface area contributed by atoms with Crippen molar-refractivity contribution in [2.24, 2.45) is 0 Å². The van der Waals surface area contributed by atoms with Gasteiger partial charge in [0.2, 0.25) is 0 Å². The molecule has 1 aromatic carbocycles. The van der Waals surface area contributed by atoms with Gasteiger partial charge in [0.25, 0.3) is 0 Å². The molecule has 0 amide bonds. The molecule has 0 radical (unpaired) electrons. The van der Waals surface area contributed by atoms with Gasteiger partial charge >= 0.3 is 0 Å². The summed E-state index contributed by atoms with van der Waals surface area (Å²) in [7, 11) is 0. The zero-order valence-corrected chi connectivity index (χ0v) is 12.5. The molecule has 0 aliphatic carbocycles. The van der Waals surface area contributed by atoms with E-state index in [0.29, 0.717) is 5.82 Å². The Morgan fingerprint density at radius 2 is 2.00 bits per heavy atom. The molecular weight excluding hydrogens is 298 g/mol. The summed E-state index contributed by atoms with van der Waals surface area (Å²) in [6.07, 6.45) is 0. The summed E-state index contributed by atoms with van der Waals surface area (Å²) in [5, 5.41) is 0.749. The molecule has 2 N–H and O–H groups in total. The predicted octanol–water partition coefficient (Wildman–Crippen LogP) is 3.75. The zero-order valence-electron chi connectivity index (χ0n) is 10.1. The normalized spacial score (nSPS) is 13.5. The number of hydrogen-bond donors (Lipinski definition) is 1. The Labute approximate surface area is 125 Å². The smallest absolute Gasteiger partial charge is 0.141 e. The van der Waals surface area contributed by atoms with Gasteiger partial charge in [0.05, 0.1) is 11.4 Å². The quantitative estimate of drug-likeness (QED) is 0.875. The van der Waals surface area contributed by atoms with E-state index in [-0.39, 0.29) is 0 Å². The molecule has 2 aromatic rings. The van der Waals surface area contributed by atoms with E-state index in [1.54, 1.807) is 11.8 Å². The van der Waals surface area contributed by atoms with Crippen LogP contribution in [0.2, 0.25) is 5.02 Å². The van der Waals surface area contributed by atoms with Crippen LogP contribution in [0.4, 0.5) is 5.82 Å². The van der Waals surface area contributed by atoms with Gasteiger partial charge in [-0.1, -0.05) is 11.6 Å². The lowest BCUT2D eigenvalue weighted by Crippen LogP contribution is -2.04. The van der Waals surface area contributed by atoms with Crippen molar-refractivity contribution in [3.05, 3.63) is 46.4 Å². The van der Waals surface area contributed by atoms with E-state index in [0.717, 1.165) is 44.3 Å². The summed E-state index contributed by atoms with van der Waals surface area (Å²) in [5.74, 6) is 4.05. The Bertz CT molecular complexity index is 602. The van der Waals surface area contributed by atoms with E-state index in [1.165, 1.54) is 0 Å². The highest BCUT2D eigenvalue weighted by molar-refractivity contribution is 7.98. The van der Waals surface area contributed by atoms with Crippen molar-refractivity contribution < 1.29 is 0 Å². The van der Waals surface area contributed by atoms with Crippen LogP contribution in [-0.2, 0) is 17.3 Å². The monoisotopic (exact) mass is 309 g/mol. The Morgan fingerprint density at radius 3 is 2.79 bits per heavy atom. The van der Waals surface area contributed by atoms with E-state index in [9.17, 15) is 0 Å². The van der Waals surface area contributed by atoms with E-state index in [2.05, 4.69) is 9.97 Å². The van der Waals surface area contributed by atoms with Crippen molar-refractivity contribution in [1.82, 2.24) is 9.97 Å². The second-order valence-corrected chi connectivity index (χ2v) is 6.66. The summed E-state index contributed by atoms with van der Waals surface area (Å²) in [4.78, 5) is 10.1. The maximum atomic E-state index is 5.97. The van der Waals surface area contributed by atoms with Crippen molar-refractivity contribution in [3.63, 3.8) is 0 Å². The molecule has 0 fully saturated rings. The second-order valence-electron chi connectivity index (χ2n) is 4.19. The van der Waals surface area contributed by atoms with Crippen LogP contribution < -0.4 is 5.73 Å². The topological polar surface area (TPSA) is 51.8 Å². The second kappa shape index (κ2) is 5.61. The molecule has 1 aliphatic heterocycles. The Kier molecular flexibility index (Phi) is 3.86. The summed E-state index contributed by atoms with van der Waals surface area (Å²) < 4.78 is 0. The highest BCUT2D eigenvalue weighted by atomic mass is 35.5. The van der Waals surface area contributed by atoms with E-state index in [4.69, 9.17) is 17.3 Å². The van der Waals surface area contributed by atoms with Crippen molar-refractivity contribution in [3.8, 4) is 0 Å². The van der Waals surface area contributed by atoms with Gasteiger partial charge in [-0.15, -0.1) is 11.8 Å². The number of halogens is 1. The summed E-state index contributed by atoms with van der Waals surface area (Å²) >= 11 is 9.39. The molecule has 6 heteroatoms. The van der Waals surface area contributed by atoms with E-state index >= 15 is 0 Å². The molecule has 1 aliphatic rings. The molecule has 3 rings (SSSR count). The van der Waals surface area contributed by atoms with Crippen LogP contribution in [-0.4, -0.2) is 9.97 Å². The van der Waals surface area contributed by atoms with E-state index < -0.39 is 0 Å². The fraction of sp³-hybridized carbons (Fsp3) is 0.231. The molecule has 0 spiro atoms. The van der Waals surface area contributed by atoms with Crippen LogP contribution in [0.1, 0.15) is 17.1 Å². The number of fused-ring (bicyclic) bond motifs is 1. The zero-order chi connectivity index (χ0) is 13.2. The first kappa shape index (κ1) is 13.1. The third kappa shape index (κ3) is 2.99. The van der Waals surface area contributed by atoms with Gasteiger partial charge in [-0.3, -0.25) is 0 Å². The van der Waals surface area contributed by atoms with Gasteiger partial charge in [-0.25, -0.2) is 9.97 Å². The third-order valence-corrected chi connectivity index (χ3v) is 5.07. The average molecular weight is 310 g/mol. The molecule has 0 bridgehead atoms. The Hall–Kier alpha value is -0.910. The minimum absolute atomic E-state index is 0.640. The van der Waals surface area contributed by atoms with Gasteiger partial charge < -0.3 is 5.73 Å². The fourth-order valence-corrected chi connectivity index (χ4v) is 3.80. The van der Waals surface area contributed by atoms with Crippen LogP contribution in [0, 0.1) is 0 Å². The van der Waals surface area contributed by atoms with Gasteiger partial charge in [0.1, 0.15) is 11.6 Å². The summed E-state index contributed by atoms with van der Waals surface area (Å²) in [6.45, 7) is 0. The van der Waals surface area contributed by atoms with Gasteiger partial charge in [-0.05, 0) is 24.3 Å². The highest BCUT2D eigenvalue weighted by Gasteiger charge is 2.18. The first-order valence-electron chi connectivity index (χ1n) is 5.82. The minimum atomic E-state index is 0.640. The maximum Gasteiger partial charge on any atom is 0.141 e. The number of rotatable bonds is 3. The summed E-state index contributed by atoms with van der Waals surface area (Å²) in [6, 6.07) is 7.77. The number of aromatic nitrogens is 2. The molecule has 98 valence electrons. The largest absolute Gasteiger partial charge is 0.383 e. The lowest BCUT2D eigenvalue weighted by molar-refractivity contribution is 0.982. The van der Waals surface area contributed by atoms with Crippen LogP contribution in [0.15, 0.2) is 29.2 Å². The minimum Gasteiger partial charge on any atom is -0.383 e. The average Bonchev–Trinajstić information content (AvgIpc) is 2.87. The molecule has 19 heavy (non-hydrogen) atoms. The molecule has 0 atom stereocenters. The third-order valence-electron chi connectivity index (χ3n) is 2.84. The first-order valence-corrected chi connectivity index (χ1v) is 8.34. The Morgan fingerprint density at radius 1 is 1.21 bits per heavy atom. The molecule has 3 nitrogen and oxygen atoms in total. The maximum absolute atomic E-state index is 5.97. The molecular formula is C13H12ClN3S2. The molecule has 0 saturated heterocycles.